The van der Waals surface area contributed by atoms with Crippen molar-refractivity contribution in [1.82, 2.24) is 10.2 Å². The Kier molecular flexibility index (Phi) is 8.77. The van der Waals surface area contributed by atoms with Gasteiger partial charge in [-0.25, -0.2) is 12.8 Å². The van der Waals surface area contributed by atoms with E-state index in [4.69, 9.17) is 4.74 Å². The molecule has 32 heavy (non-hydrogen) atoms. The monoisotopic (exact) mass is 464 g/mol. The molecule has 0 bridgehead atoms. The van der Waals surface area contributed by atoms with Crippen LogP contribution >= 0.6 is 0 Å². The van der Waals surface area contributed by atoms with Crippen molar-refractivity contribution >= 4 is 21.7 Å². The molecule has 0 saturated carbocycles. The predicted molar refractivity (Wildman–Crippen MR) is 120 cm³/mol. The van der Waals surface area contributed by atoms with Gasteiger partial charge < -0.3 is 15.0 Å². The molecule has 0 aliphatic rings. The van der Waals surface area contributed by atoms with Gasteiger partial charge in [0.05, 0.1) is 17.1 Å². The fourth-order valence-corrected chi connectivity index (χ4v) is 3.67. The van der Waals surface area contributed by atoms with E-state index in [0.29, 0.717) is 18.7 Å². The minimum absolute atomic E-state index is 0.113. The summed E-state index contributed by atoms with van der Waals surface area (Å²) in [7, 11) is -1.70. The van der Waals surface area contributed by atoms with Crippen LogP contribution in [0.25, 0.3) is 0 Å². The summed E-state index contributed by atoms with van der Waals surface area (Å²) in [4.78, 5) is 27.0. The fraction of sp³-hybridized carbons (Fsp3) is 0.391. The lowest BCUT2D eigenvalue weighted by Gasteiger charge is -2.27. The van der Waals surface area contributed by atoms with Crippen molar-refractivity contribution in [3.05, 3.63) is 59.9 Å². The number of hydrogen-bond donors (Lipinski definition) is 1. The standard InChI is InChI=1S/C23H29FN2O5S/c1-16(2)21(25-22(27)19-11-5-6-12-20(19)24)23(28)26(3)13-8-14-31-17-9-7-10-18(15-17)32(4,29)30/h5-7,9-12,15-16,21H,8,13-14H2,1-4H3,(H,25,27). The molecule has 0 fully saturated rings. The number of nitrogens with one attached hydrogen (secondary N) is 1. The third-order valence-corrected chi connectivity index (χ3v) is 5.96. The topological polar surface area (TPSA) is 92.8 Å². The van der Waals surface area contributed by atoms with Crippen molar-refractivity contribution in [3.8, 4) is 5.75 Å². The van der Waals surface area contributed by atoms with Gasteiger partial charge in [0, 0.05) is 19.8 Å². The molecule has 2 amide bonds. The van der Waals surface area contributed by atoms with Crippen LogP contribution in [0.3, 0.4) is 0 Å². The predicted octanol–water partition coefficient (Wildman–Crippen LogP) is 2.91. The number of carbonyl (C=O) groups is 2. The van der Waals surface area contributed by atoms with E-state index in [-0.39, 0.29) is 28.9 Å². The second kappa shape index (κ2) is 11.1. The number of likely N-dealkylation sites (N-methyl/N-ethyl adjacent to an activating group) is 1. The summed E-state index contributed by atoms with van der Waals surface area (Å²) in [5, 5.41) is 2.63. The molecule has 0 radical (unpaired) electrons. The average Bonchev–Trinajstić information content (AvgIpc) is 2.74. The van der Waals surface area contributed by atoms with Gasteiger partial charge in [-0.2, -0.15) is 0 Å². The van der Waals surface area contributed by atoms with Crippen LogP contribution in [0, 0.1) is 11.7 Å². The van der Waals surface area contributed by atoms with Crippen molar-refractivity contribution in [3.63, 3.8) is 0 Å². The molecule has 0 heterocycles. The Morgan fingerprint density at radius 2 is 1.81 bits per heavy atom. The van der Waals surface area contributed by atoms with Crippen molar-refractivity contribution < 1.29 is 27.1 Å². The number of amides is 2. The van der Waals surface area contributed by atoms with Gasteiger partial charge in [-0.3, -0.25) is 9.59 Å². The van der Waals surface area contributed by atoms with Crippen molar-refractivity contribution in [1.29, 1.82) is 0 Å². The molecule has 0 aliphatic heterocycles. The molecule has 0 aliphatic carbocycles. The molecule has 1 N–H and O–H groups in total. The van der Waals surface area contributed by atoms with E-state index in [2.05, 4.69) is 5.32 Å². The van der Waals surface area contributed by atoms with Crippen LogP contribution in [0.2, 0.25) is 0 Å². The maximum absolute atomic E-state index is 13.9. The first-order valence-electron chi connectivity index (χ1n) is 10.2. The highest BCUT2D eigenvalue weighted by atomic mass is 32.2. The minimum atomic E-state index is -3.32. The zero-order valence-electron chi connectivity index (χ0n) is 18.7. The van der Waals surface area contributed by atoms with Gasteiger partial charge in [0.2, 0.25) is 5.91 Å². The van der Waals surface area contributed by atoms with Crippen molar-refractivity contribution in [2.75, 3.05) is 26.5 Å². The Bertz CT molecular complexity index is 1060. The second-order valence-electron chi connectivity index (χ2n) is 7.88. The molecule has 0 spiro atoms. The molecule has 0 aromatic heterocycles. The first-order valence-corrected chi connectivity index (χ1v) is 12.1. The summed E-state index contributed by atoms with van der Waals surface area (Å²) in [6, 6.07) is 11.0. The lowest BCUT2D eigenvalue weighted by molar-refractivity contribution is -0.133. The number of sulfone groups is 1. The first-order chi connectivity index (χ1) is 15.0. The van der Waals surface area contributed by atoms with E-state index >= 15 is 0 Å². The largest absolute Gasteiger partial charge is 0.493 e. The highest BCUT2D eigenvalue weighted by molar-refractivity contribution is 7.90. The van der Waals surface area contributed by atoms with Gasteiger partial charge in [0.25, 0.3) is 5.91 Å². The Morgan fingerprint density at radius 3 is 2.44 bits per heavy atom. The number of ether oxygens (including phenoxy) is 1. The molecule has 0 saturated heterocycles. The number of rotatable bonds is 10. The molecule has 174 valence electrons. The Balaban J connectivity index is 1.91. The number of nitrogens with zero attached hydrogens (tertiary/aromatic N) is 1. The Hall–Kier alpha value is -2.94. The number of halogens is 1. The lowest BCUT2D eigenvalue weighted by Crippen LogP contribution is -2.50. The van der Waals surface area contributed by atoms with Crippen LogP contribution in [0.5, 0.6) is 5.75 Å². The SMILES string of the molecule is CC(C)C(NC(=O)c1ccccc1F)C(=O)N(C)CCCOc1cccc(S(C)(=O)=O)c1. The first kappa shape index (κ1) is 25.3. The van der Waals surface area contributed by atoms with E-state index in [9.17, 15) is 22.4 Å². The molecule has 2 aromatic carbocycles. The smallest absolute Gasteiger partial charge is 0.254 e. The van der Waals surface area contributed by atoms with Gasteiger partial charge in [-0.05, 0) is 42.7 Å². The molecular weight excluding hydrogens is 435 g/mol. The van der Waals surface area contributed by atoms with E-state index in [1.165, 1.54) is 35.2 Å². The van der Waals surface area contributed by atoms with Crippen LogP contribution < -0.4 is 10.1 Å². The van der Waals surface area contributed by atoms with Crippen LogP contribution in [0.1, 0.15) is 30.6 Å². The highest BCUT2D eigenvalue weighted by Gasteiger charge is 2.28. The minimum Gasteiger partial charge on any atom is -0.493 e. The van der Waals surface area contributed by atoms with E-state index in [1.807, 2.05) is 0 Å². The Labute approximate surface area is 188 Å². The number of hydrogen-bond acceptors (Lipinski definition) is 5. The van der Waals surface area contributed by atoms with Gasteiger partial charge >= 0.3 is 0 Å². The molecule has 1 atom stereocenters. The van der Waals surface area contributed by atoms with Crippen LogP contribution in [-0.2, 0) is 14.6 Å². The summed E-state index contributed by atoms with van der Waals surface area (Å²) in [6.45, 7) is 4.24. The average molecular weight is 465 g/mol. The van der Waals surface area contributed by atoms with Crippen molar-refractivity contribution in [2.45, 2.75) is 31.2 Å². The zero-order valence-corrected chi connectivity index (χ0v) is 19.5. The van der Waals surface area contributed by atoms with E-state index < -0.39 is 27.6 Å². The summed E-state index contributed by atoms with van der Waals surface area (Å²) < 4.78 is 42.8. The quantitative estimate of drug-likeness (QED) is 0.546. The molecule has 9 heteroatoms. The maximum Gasteiger partial charge on any atom is 0.254 e. The lowest BCUT2D eigenvalue weighted by atomic mass is 10.0. The summed E-state index contributed by atoms with van der Waals surface area (Å²) in [6.07, 6.45) is 1.63. The zero-order chi connectivity index (χ0) is 23.9. The maximum atomic E-state index is 13.9. The van der Waals surface area contributed by atoms with E-state index in [0.717, 1.165) is 6.26 Å². The fourth-order valence-electron chi connectivity index (χ4n) is 3.01. The summed E-state index contributed by atoms with van der Waals surface area (Å²) in [5.74, 6) is -1.35. The van der Waals surface area contributed by atoms with Crippen molar-refractivity contribution in [2.24, 2.45) is 5.92 Å². The summed E-state index contributed by atoms with van der Waals surface area (Å²) >= 11 is 0. The van der Waals surface area contributed by atoms with Gasteiger partial charge in [0.15, 0.2) is 9.84 Å². The van der Waals surface area contributed by atoms with Crippen LogP contribution in [-0.4, -0.2) is 57.6 Å². The van der Waals surface area contributed by atoms with Gasteiger partial charge in [-0.15, -0.1) is 0 Å². The summed E-state index contributed by atoms with van der Waals surface area (Å²) in [5.41, 5.74) is -0.113. The third kappa shape index (κ3) is 7.05. The molecule has 2 aromatic rings. The number of carbonyl (C=O) groups excluding carboxylic acids is 2. The second-order valence-corrected chi connectivity index (χ2v) is 9.90. The third-order valence-electron chi connectivity index (χ3n) is 4.85. The highest BCUT2D eigenvalue weighted by Crippen LogP contribution is 2.17. The van der Waals surface area contributed by atoms with Crippen LogP contribution in [0.4, 0.5) is 4.39 Å². The molecule has 1 unspecified atom stereocenters. The molecule has 7 nitrogen and oxygen atoms in total. The van der Waals surface area contributed by atoms with Gasteiger partial charge in [-0.1, -0.05) is 32.0 Å². The Morgan fingerprint density at radius 1 is 1.12 bits per heavy atom. The molecular formula is C23H29FN2O5S. The van der Waals surface area contributed by atoms with Crippen LogP contribution in [0.15, 0.2) is 53.4 Å². The van der Waals surface area contributed by atoms with E-state index in [1.54, 1.807) is 39.1 Å². The normalized spacial score (nSPS) is 12.3. The number of benzene rings is 2. The van der Waals surface area contributed by atoms with Gasteiger partial charge in [0.1, 0.15) is 17.6 Å². The molecule has 2 rings (SSSR count).